The van der Waals surface area contributed by atoms with Gasteiger partial charge in [-0.2, -0.15) is 0 Å². The van der Waals surface area contributed by atoms with Gasteiger partial charge < -0.3 is 14.4 Å². The Morgan fingerprint density at radius 1 is 0.923 bits per heavy atom. The Balaban J connectivity index is 0.00000625. The summed E-state index contributed by atoms with van der Waals surface area (Å²) in [5.41, 5.74) is -1.97. The third-order valence-electron chi connectivity index (χ3n) is 4.21. The Bertz CT molecular complexity index is 560. The summed E-state index contributed by atoms with van der Waals surface area (Å²) < 4.78 is 37.9. The predicted octanol–water partition coefficient (Wildman–Crippen LogP) is 1.53. The van der Waals surface area contributed by atoms with Gasteiger partial charge in [0, 0.05) is 0 Å². The summed E-state index contributed by atoms with van der Waals surface area (Å²) >= 11 is 0. The summed E-state index contributed by atoms with van der Waals surface area (Å²) in [5, 5.41) is 9.38. The van der Waals surface area contributed by atoms with Gasteiger partial charge in [-0.15, -0.1) is 0 Å². The summed E-state index contributed by atoms with van der Waals surface area (Å²) in [6.45, 7) is 2.84. The number of benzene rings is 1. The number of rotatable bonds is 14. The van der Waals surface area contributed by atoms with E-state index in [-0.39, 0.29) is 35.1 Å². The second-order valence-corrected chi connectivity index (χ2v) is 7.88. The average Bonchev–Trinajstić information content (AvgIpc) is 2.59. The maximum atomic E-state index is 10.8. The van der Waals surface area contributed by atoms with Crippen molar-refractivity contribution in [2.24, 2.45) is 0 Å². The molecule has 144 valence electrons. The minimum absolute atomic E-state index is 0. The number of unbranched alkanes of at least 4 members (excludes halogenated alkanes) is 9. The molecule has 26 heavy (non-hydrogen) atoms. The molecule has 0 aliphatic heterocycles. The first-order valence-corrected chi connectivity index (χ1v) is 10.8. The monoisotopic (exact) mass is 394 g/mol. The predicted molar refractivity (Wildman–Crippen MR) is 98.4 cm³/mol. The van der Waals surface area contributed by atoms with E-state index in [2.05, 4.69) is 6.92 Å². The van der Waals surface area contributed by atoms with Crippen LogP contribution in [0.15, 0.2) is 24.3 Å². The molecule has 0 radical (unpaired) electrons. The van der Waals surface area contributed by atoms with Crippen molar-refractivity contribution in [3.63, 3.8) is 0 Å². The molecule has 0 aromatic heterocycles. The van der Waals surface area contributed by atoms with E-state index in [9.17, 15) is 18.1 Å². The molecular weight excluding hydrogens is 363 g/mol. The minimum Gasteiger partial charge on any atom is -0.746 e. The van der Waals surface area contributed by atoms with Crippen molar-refractivity contribution in [1.82, 2.24) is 0 Å². The molecule has 1 aromatic carbocycles. The molecule has 0 spiro atoms. The number of hydrogen-bond acceptors (Lipinski definition) is 5. The minimum atomic E-state index is -4.74. The molecule has 0 aliphatic carbocycles. The topological polar surface area (TPSA) is 86.7 Å². The van der Waals surface area contributed by atoms with Gasteiger partial charge in [0.1, 0.15) is 15.9 Å². The van der Waals surface area contributed by atoms with E-state index in [0.29, 0.717) is 12.4 Å². The summed E-state index contributed by atoms with van der Waals surface area (Å²) in [6.07, 6.45) is 12.6. The molecule has 0 bridgehead atoms. The van der Waals surface area contributed by atoms with Crippen molar-refractivity contribution >= 4 is 10.1 Å². The molecule has 1 unspecified atom stereocenters. The van der Waals surface area contributed by atoms with Crippen LogP contribution >= 0.6 is 0 Å². The molecule has 0 amide bonds. The molecular formula is C19H31NaO5S. The van der Waals surface area contributed by atoms with Crippen LogP contribution in [0.25, 0.3) is 0 Å². The summed E-state index contributed by atoms with van der Waals surface area (Å²) in [7, 11) is -4.74. The van der Waals surface area contributed by atoms with Crippen molar-refractivity contribution in [2.75, 3.05) is 6.61 Å². The molecule has 1 aromatic rings. The van der Waals surface area contributed by atoms with Gasteiger partial charge in [0.05, 0.1) is 6.61 Å². The molecule has 0 aliphatic rings. The van der Waals surface area contributed by atoms with Gasteiger partial charge in [-0.3, -0.25) is 0 Å². The third kappa shape index (κ3) is 11.6. The van der Waals surface area contributed by atoms with Crippen molar-refractivity contribution in [2.45, 2.75) is 76.6 Å². The standard InChI is InChI=1S/C19H32O5S.Na/c1-2-3-4-5-6-7-8-9-10-11-16-24-18-14-12-17(13-15-18)19(20)25(21,22)23;/h12-15,19-20H,2-11,16H2,1H3,(H,21,22,23);/q;+1/p-1. The molecule has 1 N–H and O–H groups in total. The molecule has 1 atom stereocenters. The fraction of sp³-hybridized carbons (Fsp3) is 0.684. The number of ether oxygens (including phenoxy) is 1. The fourth-order valence-electron chi connectivity index (χ4n) is 2.67. The molecule has 0 saturated carbocycles. The Morgan fingerprint density at radius 2 is 1.38 bits per heavy atom. The SMILES string of the molecule is CCCCCCCCCCCCOc1ccc(C(O)S(=O)(=O)[O-])cc1.[Na+]. The van der Waals surface area contributed by atoms with Gasteiger partial charge in [0.15, 0.2) is 5.44 Å². The summed E-state index contributed by atoms with van der Waals surface area (Å²) in [6, 6.07) is 5.93. The second kappa shape index (κ2) is 14.9. The largest absolute Gasteiger partial charge is 1.00 e. The van der Waals surface area contributed by atoms with Crippen LogP contribution in [0.4, 0.5) is 0 Å². The Kier molecular flexibility index (Phi) is 14.8. The van der Waals surface area contributed by atoms with E-state index in [0.717, 1.165) is 12.8 Å². The zero-order valence-electron chi connectivity index (χ0n) is 16.2. The van der Waals surface area contributed by atoms with E-state index >= 15 is 0 Å². The number of aliphatic hydroxyl groups is 1. The molecule has 1 rings (SSSR count). The molecule has 5 nitrogen and oxygen atoms in total. The van der Waals surface area contributed by atoms with E-state index in [1.54, 1.807) is 12.1 Å². The smallest absolute Gasteiger partial charge is 0.746 e. The van der Waals surface area contributed by atoms with Crippen molar-refractivity contribution in [3.05, 3.63) is 29.8 Å². The van der Waals surface area contributed by atoms with Gasteiger partial charge in [0.2, 0.25) is 0 Å². The molecule has 0 fully saturated rings. The summed E-state index contributed by atoms with van der Waals surface area (Å²) in [5.74, 6) is 0.607. The van der Waals surface area contributed by atoms with E-state index in [1.807, 2.05) is 0 Å². The maximum absolute atomic E-state index is 10.8. The molecule has 0 saturated heterocycles. The first kappa shape index (κ1) is 25.9. The first-order valence-electron chi connectivity index (χ1n) is 9.30. The van der Waals surface area contributed by atoms with Crippen molar-refractivity contribution in [1.29, 1.82) is 0 Å². The first-order chi connectivity index (χ1) is 11.9. The van der Waals surface area contributed by atoms with E-state index < -0.39 is 15.6 Å². The van der Waals surface area contributed by atoms with Crippen LogP contribution in [0.3, 0.4) is 0 Å². The van der Waals surface area contributed by atoms with Crippen LogP contribution in [0.5, 0.6) is 5.75 Å². The van der Waals surface area contributed by atoms with Crippen molar-refractivity contribution < 1.29 is 52.4 Å². The maximum Gasteiger partial charge on any atom is 1.00 e. The fourth-order valence-corrected chi connectivity index (χ4v) is 3.17. The van der Waals surface area contributed by atoms with Gasteiger partial charge >= 0.3 is 29.6 Å². The van der Waals surface area contributed by atoms with E-state index in [4.69, 9.17) is 4.74 Å². The summed E-state index contributed by atoms with van der Waals surface area (Å²) in [4.78, 5) is 0. The van der Waals surface area contributed by atoms with Crippen LogP contribution < -0.4 is 34.3 Å². The van der Waals surface area contributed by atoms with Crippen LogP contribution in [0.1, 0.15) is 82.1 Å². The molecule has 0 heterocycles. The zero-order valence-corrected chi connectivity index (χ0v) is 19.0. The molecule has 7 heteroatoms. The normalized spacial score (nSPS) is 12.4. The number of aliphatic hydroxyl groups excluding tert-OH is 1. The van der Waals surface area contributed by atoms with Gasteiger partial charge in [-0.05, 0) is 24.1 Å². The van der Waals surface area contributed by atoms with Crippen LogP contribution in [0.2, 0.25) is 0 Å². The van der Waals surface area contributed by atoms with Gasteiger partial charge in [-0.25, -0.2) is 8.42 Å². The van der Waals surface area contributed by atoms with Crippen molar-refractivity contribution in [3.8, 4) is 5.75 Å². The van der Waals surface area contributed by atoms with Crippen LogP contribution in [-0.4, -0.2) is 24.7 Å². The Labute approximate surface area is 180 Å². The van der Waals surface area contributed by atoms with Crippen LogP contribution in [0, 0.1) is 0 Å². The van der Waals surface area contributed by atoms with Gasteiger partial charge in [0.25, 0.3) is 0 Å². The quantitative estimate of drug-likeness (QED) is 0.294. The zero-order chi connectivity index (χ0) is 18.5. The van der Waals surface area contributed by atoms with Gasteiger partial charge in [-0.1, -0.05) is 76.8 Å². The second-order valence-electron chi connectivity index (χ2n) is 6.44. The Morgan fingerprint density at radius 3 is 1.85 bits per heavy atom. The van der Waals surface area contributed by atoms with Crippen LogP contribution in [-0.2, 0) is 10.1 Å². The Hall–Kier alpha value is -0.110. The number of hydrogen-bond donors (Lipinski definition) is 1. The average molecular weight is 395 g/mol. The van der Waals surface area contributed by atoms with E-state index in [1.165, 1.54) is 63.5 Å². The third-order valence-corrected chi connectivity index (χ3v) is 5.02.